The molecule has 2 rings (SSSR count). The van der Waals surface area contributed by atoms with Crippen LogP contribution >= 0.6 is 0 Å². The fraction of sp³-hybridized carbons (Fsp3) is 0.176. The van der Waals surface area contributed by atoms with Gasteiger partial charge in [0.15, 0.2) is 0 Å². The third-order valence-electron chi connectivity index (χ3n) is 3.24. The molecule has 0 atom stereocenters. The third kappa shape index (κ3) is 4.54. The number of hydrazone groups is 1. The van der Waals surface area contributed by atoms with Crippen LogP contribution in [0.1, 0.15) is 18.1 Å². The van der Waals surface area contributed by atoms with Gasteiger partial charge in [0, 0.05) is 5.56 Å². The first kappa shape index (κ1) is 16.5. The molecule has 0 aliphatic carbocycles. The molecule has 23 heavy (non-hydrogen) atoms. The topological polar surface area (TPSA) is 70.9 Å². The molecule has 0 unspecified atom stereocenters. The first-order valence-electron chi connectivity index (χ1n) is 6.94. The van der Waals surface area contributed by atoms with E-state index in [9.17, 15) is 9.18 Å². The summed E-state index contributed by atoms with van der Waals surface area (Å²) < 4.78 is 18.0. The van der Waals surface area contributed by atoms with E-state index in [1.54, 1.807) is 37.3 Å². The van der Waals surface area contributed by atoms with E-state index in [1.807, 2.05) is 0 Å². The van der Waals surface area contributed by atoms with E-state index >= 15 is 0 Å². The maximum Gasteiger partial charge on any atom is 0.307 e. The van der Waals surface area contributed by atoms with Crippen molar-refractivity contribution in [2.45, 2.75) is 13.3 Å². The van der Waals surface area contributed by atoms with E-state index in [2.05, 4.69) is 10.5 Å². The number of methoxy groups -OCH3 is 1. The predicted octanol–water partition coefficient (Wildman–Crippen LogP) is 3.30. The Hall–Kier alpha value is -2.89. The van der Waals surface area contributed by atoms with Crippen molar-refractivity contribution in [3.8, 4) is 5.75 Å². The quantitative estimate of drug-likeness (QED) is 0.633. The molecule has 2 aromatic rings. The van der Waals surface area contributed by atoms with Crippen molar-refractivity contribution in [3.05, 3.63) is 59.4 Å². The molecule has 5 nitrogen and oxygen atoms in total. The minimum absolute atomic E-state index is 0.129. The molecule has 0 saturated heterocycles. The summed E-state index contributed by atoms with van der Waals surface area (Å²) in [5.74, 6) is -0.723. The Labute approximate surface area is 133 Å². The summed E-state index contributed by atoms with van der Waals surface area (Å²) in [6, 6.07) is 11.1. The Morgan fingerprint density at radius 3 is 2.57 bits per heavy atom. The molecule has 0 fully saturated rings. The van der Waals surface area contributed by atoms with Crippen LogP contribution in [0.5, 0.6) is 5.75 Å². The molecule has 0 aliphatic rings. The summed E-state index contributed by atoms with van der Waals surface area (Å²) in [5, 5.41) is 13.2. The lowest BCUT2D eigenvalue weighted by Crippen LogP contribution is -2.05. The number of benzene rings is 2. The van der Waals surface area contributed by atoms with Gasteiger partial charge < -0.3 is 9.84 Å². The number of nitrogens with one attached hydrogen (secondary N) is 1. The van der Waals surface area contributed by atoms with E-state index < -0.39 is 5.97 Å². The lowest BCUT2D eigenvalue weighted by Gasteiger charge is -2.09. The van der Waals surface area contributed by atoms with Crippen molar-refractivity contribution < 1.29 is 19.0 Å². The number of carboxylic acid groups (broad SMARTS) is 1. The standard InChI is InChI=1S/C17H17FN2O3/c1-11(19-20-15-6-4-14(18)5-7-15)12-3-8-16(23-2)13(9-12)10-17(21)22/h3-9,20H,10H2,1-2H3,(H,21,22)/b19-11-. The molecule has 2 aromatic carbocycles. The van der Waals surface area contributed by atoms with Crippen LogP contribution in [0, 0.1) is 5.82 Å². The molecule has 2 N–H and O–H groups in total. The highest BCUT2D eigenvalue weighted by Gasteiger charge is 2.10. The second-order valence-corrected chi connectivity index (χ2v) is 4.91. The van der Waals surface area contributed by atoms with Crippen molar-refractivity contribution in [1.29, 1.82) is 0 Å². The molecule has 0 aromatic heterocycles. The van der Waals surface area contributed by atoms with Gasteiger partial charge >= 0.3 is 5.97 Å². The third-order valence-corrected chi connectivity index (χ3v) is 3.24. The Morgan fingerprint density at radius 1 is 1.26 bits per heavy atom. The highest BCUT2D eigenvalue weighted by atomic mass is 19.1. The number of hydrogen-bond donors (Lipinski definition) is 2. The van der Waals surface area contributed by atoms with Crippen LogP contribution in [0.25, 0.3) is 0 Å². The van der Waals surface area contributed by atoms with Crippen molar-refractivity contribution >= 4 is 17.4 Å². The molecule has 0 heterocycles. The number of nitrogens with zero attached hydrogens (tertiary/aromatic N) is 1. The molecule has 0 radical (unpaired) electrons. The molecular formula is C17H17FN2O3. The van der Waals surface area contributed by atoms with Gasteiger partial charge in [-0.1, -0.05) is 0 Å². The highest BCUT2D eigenvalue weighted by molar-refractivity contribution is 5.99. The Balaban J connectivity index is 2.20. The average molecular weight is 316 g/mol. The minimum atomic E-state index is -0.931. The van der Waals surface area contributed by atoms with Gasteiger partial charge in [0.2, 0.25) is 0 Å². The summed E-state index contributed by atoms with van der Waals surface area (Å²) >= 11 is 0. The first-order chi connectivity index (χ1) is 11.0. The van der Waals surface area contributed by atoms with Gasteiger partial charge in [-0.05, 0) is 55.0 Å². The molecule has 120 valence electrons. The maximum atomic E-state index is 12.8. The van der Waals surface area contributed by atoms with Crippen LogP contribution < -0.4 is 10.2 Å². The van der Waals surface area contributed by atoms with E-state index in [-0.39, 0.29) is 12.2 Å². The maximum absolute atomic E-state index is 12.8. The van der Waals surface area contributed by atoms with Crippen LogP contribution in [-0.4, -0.2) is 23.9 Å². The molecule has 0 saturated carbocycles. The summed E-state index contributed by atoms with van der Waals surface area (Å²) in [4.78, 5) is 10.9. The number of carbonyl (C=O) groups is 1. The normalized spacial score (nSPS) is 11.2. The van der Waals surface area contributed by atoms with Crippen molar-refractivity contribution in [1.82, 2.24) is 0 Å². The lowest BCUT2D eigenvalue weighted by molar-refractivity contribution is -0.136. The van der Waals surface area contributed by atoms with Crippen LogP contribution in [0.3, 0.4) is 0 Å². The fourth-order valence-corrected chi connectivity index (χ4v) is 2.04. The SMILES string of the molecule is COc1ccc(/C(C)=N\Nc2ccc(F)cc2)cc1CC(=O)O. The molecule has 0 bridgehead atoms. The molecular weight excluding hydrogens is 299 g/mol. The Bertz CT molecular complexity index is 727. The van der Waals surface area contributed by atoms with Gasteiger partial charge in [-0.25, -0.2) is 4.39 Å². The van der Waals surface area contributed by atoms with Crippen molar-refractivity contribution in [2.24, 2.45) is 5.10 Å². The summed E-state index contributed by atoms with van der Waals surface area (Å²) in [6.07, 6.45) is -0.129. The summed E-state index contributed by atoms with van der Waals surface area (Å²) in [5.41, 5.74) is 5.51. The van der Waals surface area contributed by atoms with Gasteiger partial charge in [-0.3, -0.25) is 10.2 Å². The lowest BCUT2D eigenvalue weighted by atomic mass is 10.0. The van der Waals surface area contributed by atoms with Crippen molar-refractivity contribution in [2.75, 3.05) is 12.5 Å². The van der Waals surface area contributed by atoms with Gasteiger partial charge in [-0.2, -0.15) is 5.10 Å². The molecule has 0 spiro atoms. The van der Waals surface area contributed by atoms with Gasteiger partial charge in [0.05, 0.1) is 24.9 Å². The zero-order valence-electron chi connectivity index (χ0n) is 12.8. The molecule has 0 amide bonds. The minimum Gasteiger partial charge on any atom is -0.496 e. The number of aliphatic carboxylic acids is 1. The smallest absolute Gasteiger partial charge is 0.307 e. The Morgan fingerprint density at radius 2 is 1.96 bits per heavy atom. The van der Waals surface area contributed by atoms with Gasteiger partial charge in [-0.15, -0.1) is 0 Å². The van der Waals surface area contributed by atoms with Gasteiger partial charge in [0.1, 0.15) is 11.6 Å². The van der Waals surface area contributed by atoms with Crippen molar-refractivity contribution in [3.63, 3.8) is 0 Å². The predicted molar refractivity (Wildman–Crippen MR) is 86.6 cm³/mol. The van der Waals surface area contributed by atoms with E-state index in [0.717, 1.165) is 5.56 Å². The number of halogens is 1. The number of rotatable bonds is 6. The van der Waals surface area contributed by atoms with Crippen LogP contribution in [-0.2, 0) is 11.2 Å². The van der Waals surface area contributed by atoms with Crippen LogP contribution in [0.4, 0.5) is 10.1 Å². The first-order valence-corrected chi connectivity index (χ1v) is 6.94. The van der Waals surface area contributed by atoms with Crippen LogP contribution in [0.2, 0.25) is 0 Å². The second kappa shape index (κ2) is 7.40. The van der Waals surface area contributed by atoms with E-state index in [4.69, 9.17) is 9.84 Å². The fourth-order valence-electron chi connectivity index (χ4n) is 2.04. The number of anilines is 1. The van der Waals surface area contributed by atoms with E-state index in [0.29, 0.717) is 22.7 Å². The largest absolute Gasteiger partial charge is 0.496 e. The van der Waals surface area contributed by atoms with Crippen LogP contribution in [0.15, 0.2) is 47.6 Å². The summed E-state index contributed by atoms with van der Waals surface area (Å²) in [7, 11) is 1.50. The zero-order chi connectivity index (χ0) is 16.8. The monoisotopic (exact) mass is 316 g/mol. The highest BCUT2D eigenvalue weighted by Crippen LogP contribution is 2.21. The molecule has 0 aliphatic heterocycles. The number of carboxylic acids is 1. The zero-order valence-corrected chi connectivity index (χ0v) is 12.8. The molecule has 6 heteroatoms. The van der Waals surface area contributed by atoms with Gasteiger partial charge in [0.25, 0.3) is 0 Å². The van der Waals surface area contributed by atoms with E-state index in [1.165, 1.54) is 19.2 Å². The summed E-state index contributed by atoms with van der Waals surface area (Å²) in [6.45, 7) is 1.79. The average Bonchev–Trinajstić information content (AvgIpc) is 2.53. The second-order valence-electron chi connectivity index (χ2n) is 4.91. The number of ether oxygens (including phenoxy) is 1. The number of hydrogen-bond acceptors (Lipinski definition) is 4. The Kier molecular flexibility index (Phi) is 5.30.